The molecule has 1 aromatic carbocycles. The molecule has 88 valence electrons. The Labute approximate surface area is 103 Å². The van der Waals surface area contributed by atoms with E-state index >= 15 is 0 Å². The van der Waals surface area contributed by atoms with Gasteiger partial charge in [-0.25, -0.2) is 0 Å². The number of methoxy groups -OCH3 is 2. The molecule has 4 nitrogen and oxygen atoms in total. The highest BCUT2D eigenvalue weighted by atomic mass is 79.9. The fraction of sp³-hybridized carbons (Fsp3) is 0.364. The van der Waals surface area contributed by atoms with Gasteiger partial charge in [-0.15, -0.1) is 0 Å². The Hall–Kier alpha value is -1.07. The molecule has 0 aliphatic rings. The molecule has 16 heavy (non-hydrogen) atoms. The van der Waals surface area contributed by atoms with Crippen molar-refractivity contribution in [2.45, 2.75) is 6.92 Å². The van der Waals surface area contributed by atoms with Gasteiger partial charge in [0.25, 0.3) is 0 Å². The molecule has 0 bridgehead atoms. The molecular weight excluding hydrogens is 274 g/mol. The zero-order valence-corrected chi connectivity index (χ0v) is 11.1. The fourth-order valence-electron chi connectivity index (χ4n) is 1.56. The highest BCUT2D eigenvalue weighted by Gasteiger charge is 2.20. The molecule has 0 aliphatic heterocycles. The van der Waals surface area contributed by atoms with Crippen molar-refractivity contribution in [1.29, 1.82) is 0 Å². The molecule has 0 saturated heterocycles. The summed E-state index contributed by atoms with van der Waals surface area (Å²) in [5, 5.41) is 0. The first kappa shape index (κ1) is 13.0. The molecule has 0 atom stereocenters. The summed E-state index contributed by atoms with van der Waals surface area (Å²) in [6.07, 6.45) is 0. The van der Waals surface area contributed by atoms with Crippen molar-refractivity contribution in [3.05, 3.63) is 21.7 Å². The summed E-state index contributed by atoms with van der Waals surface area (Å²) in [7, 11) is 3.02. The maximum atomic E-state index is 11.7. The average molecular weight is 288 g/mol. The maximum Gasteiger partial charge on any atom is 0.180 e. The van der Waals surface area contributed by atoms with E-state index in [0.717, 1.165) is 10.0 Å². The molecule has 0 unspecified atom stereocenters. The molecule has 0 aliphatic carbocycles. The summed E-state index contributed by atoms with van der Waals surface area (Å²) < 4.78 is 11.2. The smallest absolute Gasteiger partial charge is 0.180 e. The summed E-state index contributed by atoms with van der Waals surface area (Å²) >= 11 is 3.36. The highest BCUT2D eigenvalue weighted by molar-refractivity contribution is 9.10. The van der Waals surface area contributed by atoms with Crippen molar-refractivity contribution in [3.8, 4) is 11.5 Å². The van der Waals surface area contributed by atoms with Gasteiger partial charge in [0.1, 0.15) is 0 Å². The number of nitrogens with two attached hydrogens (primary N) is 1. The van der Waals surface area contributed by atoms with E-state index in [1.54, 1.807) is 0 Å². The van der Waals surface area contributed by atoms with Gasteiger partial charge in [0.05, 0.1) is 30.8 Å². The van der Waals surface area contributed by atoms with Crippen LogP contribution < -0.4 is 15.2 Å². The SMILES string of the molecule is COc1c(Br)cc(C)c(C(=O)CN)c1OC. The van der Waals surface area contributed by atoms with Crippen molar-refractivity contribution in [1.82, 2.24) is 0 Å². The summed E-state index contributed by atoms with van der Waals surface area (Å²) in [5.41, 5.74) is 6.65. The zero-order valence-electron chi connectivity index (χ0n) is 9.46. The fourth-order valence-corrected chi connectivity index (χ4v) is 2.25. The second-order valence-electron chi connectivity index (χ2n) is 3.24. The summed E-state index contributed by atoms with van der Waals surface area (Å²) in [6, 6.07) is 1.81. The van der Waals surface area contributed by atoms with E-state index in [2.05, 4.69) is 15.9 Å². The van der Waals surface area contributed by atoms with E-state index in [1.807, 2.05) is 13.0 Å². The zero-order chi connectivity index (χ0) is 12.3. The van der Waals surface area contributed by atoms with Gasteiger partial charge in [0.15, 0.2) is 17.3 Å². The number of carbonyl (C=O) groups is 1. The maximum absolute atomic E-state index is 11.7. The van der Waals surface area contributed by atoms with Crippen molar-refractivity contribution in [2.24, 2.45) is 5.73 Å². The minimum Gasteiger partial charge on any atom is -0.492 e. The van der Waals surface area contributed by atoms with Crippen LogP contribution in [0.15, 0.2) is 10.5 Å². The van der Waals surface area contributed by atoms with E-state index in [1.165, 1.54) is 14.2 Å². The van der Waals surface area contributed by atoms with Gasteiger partial charge in [-0.05, 0) is 34.5 Å². The van der Waals surface area contributed by atoms with E-state index < -0.39 is 0 Å². The lowest BCUT2D eigenvalue weighted by Crippen LogP contribution is -2.16. The van der Waals surface area contributed by atoms with E-state index in [9.17, 15) is 4.79 Å². The lowest BCUT2D eigenvalue weighted by Gasteiger charge is -2.15. The van der Waals surface area contributed by atoms with Crippen LogP contribution in [0.25, 0.3) is 0 Å². The van der Waals surface area contributed by atoms with Crippen LogP contribution in [0.5, 0.6) is 11.5 Å². The lowest BCUT2D eigenvalue weighted by atomic mass is 10.0. The Morgan fingerprint density at radius 1 is 1.38 bits per heavy atom. The van der Waals surface area contributed by atoms with Crippen LogP contribution in [0, 0.1) is 6.92 Å². The van der Waals surface area contributed by atoms with Gasteiger partial charge in [0, 0.05) is 0 Å². The normalized spacial score (nSPS) is 10.1. The predicted octanol–water partition coefficient (Wildman–Crippen LogP) is 1.92. The van der Waals surface area contributed by atoms with Crippen molar-refractivity contribution in [2.75, 3.05) is 20.8 Å². The van der Waals surface area contributed by atoms with E-state index in [-0.39, 0.29) is 12.3 Å². The summed E-state index contributed by atoms with van der Waals surface area (Å²) in [6.45, 7) is 1.78. The number of ketones is 1. The summed E-state index contributed by atoms with van der Waals surface area (Å²) in [4.78, 5) is 11.7. The largest absolute Gasteiger partial charge is 0.492 e. The molecule has 0 radical (unpaired) electrons. The van der Waals surface area contributed by atoms with Gasteiger partial charge >= 0.3 is 0 Å². The molecule has 1 aromatic rings. The average Bonchev–Trinajstić information content (AvgIpc) is 2.27. The Kier molecular flexibility index (Phi) is 4.32. The second-order valence-corrected chi connectivity index (χ2v) is 4.10. The quantitative estimate of drug-likeness (QED) is 0.860. The van der Waals surface area contributed by atoms with E-state index in [0.29, 0.717) is 17.1 Å². The van der Waals surface area contributed by atoms with E-state index in [4.69, 9.17) is 15.2 Å². The number of Topliss-reactive ketones (excluding diaryl/α,β-unsaturated/α-hetero) is 1. The van der Waals surface area contributed by atoms with Gasteiger partial charge < -0.3 is 15.2 Å². The number of halogens is 1. The number of hydrogen-bond donors (Lipinski definition) is 1. The molecule has 5 heteroatoms. The number of aryl methyl sites for hydroxylation is 1. The topological polar surface area (TPSA) is 61.5 Å². The van der Waals surface area contributed by atoms with Crippen LogP contribution in [-0.2, 0) is 0 Å². The standard InChI is InChI=1S/C11H14BrNO3/c1-6-4-7(12)10(15-2)11(16-3)9(6)8(14)5-13/h4H,5,13H2,1-3H3. The van der Waals surface area contributed by atoms with Crippen LogP contribution in [0.2, 0.25) is 0 Å². The Balaban J connectivity index is 3.52. The first-order valence-electron chi connectivity index (χ1n) is 4.71. The molecular formula is C11H14BrNO3. The molecule has 0 spiro atoms. The monoisotopic (exact) mass is 287 g/mol. The third-order valence-corrected chi connectivity index (χ3v) is 2.85. The number of benzene rings is 1. The van der Waals surface area contributed by atoms with Crippen molar-refractivity contribution < 1.29 is 14.3 Å². The van der Waals surface area contributed by atoms with Gasteiger partial charge in [-0.1, -0.05) is 0 Å². The number of hydrogen-bond acceptors (Lipinski definition) is 4. The minimum absolute atomic E-state index is 0.0536. The van der Waals surface area contributed by atoms with Crippen molar-refractivity contribution >= 4 is 21.7 Å². The Bertz CT molecular complexity index is 418. The lowest BCUT2D eigenvalue weighted by molar-refractivity contribution is 0.0997. The van der Waals surface area contributed by atoms with Gasteiger partial charge in [-0.2, -0.15) is 0 Å². The first-order chi connectivity index (χ1) is 7.56. The van der Waals surface area contributed by atoms with Crippen LogP contribution in [-0.4, -0.2) is 26.5 Å². The van der Waals surface area contributed by atoms with Crippen LogP contribution in [0.3, 0.4) is 0 Å². The molecule has 0 heterocycles. The second kappa shape index (κ2) is 5.32. The third kappa shape index (κ3) is 2.20. The number of ether oxygens (including phenoxy) is 2. The van der Waals surface area contributed by atoms with Crippen LogP contribution in [0.1, 0.15) is 15.9 Å². The first-order valence-corrected chi connectivity index (χ1v) is 5.50. The molecule has 0 amide bonds. The Morgan fingerprint density at radius 3 is 2.38 bits per heavy atom. The Morgan fingerprint density at radius 2 is 1.94 bits per heavy atom. The third-order valence-electron chi connectivity index (χ3n) is 2.26. The van der Waals surface area contributed by atoms with Crippen molar-refractivity contribution in [3.63, 3.8) is 0 Å². The van der Waals surface area contributed by atoms with Gasteiger partial charge in [0.2, 0.25) is 0 Å². The highest BCUT2D eigenvalue weighted by Crippen LogP contribution is 2.40. The number of rotatable bonds is 4. The van der Waals surface area contributed by atoms with Crippen LogP contribution in [0.4, 0.5) is 0 Å². The van der Waals surface area contributed by atoms with Gasteiger partial charge in [-0.3, -0.25) is 4.79 Å². The molecule has 0 aromatic heterocycles. The minimum atomic E-state index is -0.167. The predicted molar refractivity (Wildman–Crippen MR) is 65.4 cm³/mol. The molecule has 1 rings (SSSR count). The number of carbonyl (C=O) groups excluding carboxylic acids is 1. The summed E-state index contributed by atoms with van der Waals surface area (Å²) in [5.74, 6) is 0.759. The molecule has 0 saturated carbocycles. The molecule has 2 N–H and O–H groups in total. The van der Waals surface area contributed by atoms with Crippen LogP contribution >= 0.6 is 15.9 Å². The molecule has 0 fully saturated rings.